The third kappa shape index (κ3) is 9.85. The van der Waals surface area contributed by atoms with Crippen molar-refractivity contribution in [3.05, 3.63) is 213 Å². The predicted molar refractivity (Wildman–Crippen MR) is 193 cm³/mol. The van der Waals surface area contributed by atoms with Crippen LogP contribution in [-0.4, -0.2) is 0 Å². The van der Waals surface area contributed by atoms with Gasteiger partial charge in [-0.05, 0) is 47.7 Å². The third-order valence-electron chi connectivity index (χ3n) is 6.64. The van der Waals surface area contributed by atoms with Gasteiger partial charge >= 0.3 is 0 Å². The van der Waals surface area contributed by atoms with E-state index in [0.717, 1.165) is 0 Å². The van der Waals surface area contributed by atoms with Crippen molar-refractivity contribution < 1.29 is 16.8 Å². The van der Waals surface area contributed by atoms with Gasteiger partial charge in [-0.3, -0.25) is 0 Å². The van der Waals surface area contributed by atoms with Crippen LogP contribution in [0.4, 0.5) is 0 Å². The van der Waals surface area contributed by atoms with Gasteiger partial charge < -0.3 is 0 Å². The Balaban J connectivity index is 0.000000170. The van der Waals surface area contributed by atoms with Gasteiger partial charge in [0.15, 0.2) is 0 Å². The summed E-state index contributed by atoms with van der Waals surface area (Å²) in [5.74, 6) is 0. The molecule has 0 amide bonds. The average Bonchev–Trinajstić information content (AvgIpc) is 3.69. The van der Waals surface area contributed by atoms with E-state index >= 15 is 0 Å². The van der Waals surface area contributed by atoms with Gasteiger partial charge in [-0.2, -0.15) is 0 Å². The molecule has 0 bridgehead atoms. The Labute approximate surface area is 275 Å². The molecule has 0 atom stereocenters. The molecular weight excluding hydrogens is 613 g/mol. The van der Waals surface area contributed by atoms with Gasteiger partial charge in [-0.15, -0.1) is 0 Å². The van der Waals surface area contributed by atoms with E-state index in [-0.39, 0.29) is 16.8 Å². The zero-order valence-electron chi connectivity index (χ0n) is 24.4. The molecule has 44 heavy (non-hydrogen) atoms. The topological polar surface area (TPSA) is 0 Å². The molecule has 0 N–H and O–H groups in total. The van der Waals surface area contributed by atoms with Crippen LogP contribution in [0.1, 0.15) is 0 Å². The zero-order chi connectivity index (χ0) is 29.4. The Morgan fingerprint density at radius 3 is 0.545 bits per heavy atom. The van der Waals surface area contributed by atoms with E-state index in [4.69, 9.17) is 0 Å². The second-order valence-corrected chi connectivity index (χ2v) is 14.1. The van der Waals surface area contributed by atoms with Crippen LogP contribution in [0.25, 0.3) is 0 Å². The second kappa shape index (κ2) is 18.7. The van der Waals surface area contributed by atoms with Crippen molar-refractivity contribution in [3.8, 4) is 0 Å². The molecule has 0 unspecified atom stereocenters. The summed E-state index contributed by atoms with van der Waals surface area (Å²) in [7, 11) is -0.892. The van der Waals surface area contributed by atoms with Crippen molar-refractivity contribution in [2.75, 3.05) is 0 Å². The molecule has 218 valence electrons. The number of rotatable bonds is 6. The number of hydrogen-bond acceptors (Lipinski definition) is 0. The smallest absolute Gasteiger partial charge is 0.00506 e. The molecule has 0 saturated carbocycles. The summed E-state index contributed by atoms with van der Waals surface area (Å²) in [5.41, 5.74) is 0. The van der Waals surface area contributed by atoms with Crippen LogP contribution in [0.5, 0.6) is 0 Å². The Hall–Kier alpha value is -3.83. The summed E-state index contributed by atoms with van der Waals surface area (Å²) in [6.45, 7) is 0. The van der Waals surface area contributed by atoms with E-state index in [1.54, 1.807) is 0 Å². The third-order valence-corrected chi connectivity index (χ3v) is 11.5. The number of allylic oxidation sites excluding steroid dienone is 4. The zero-order valence-corrected chi connectivity index (χ0v) is 27.3. The molecule has 1 aliphatic rings. The Bertz CT molecular complexity index is 1340. The van der Waals surface area contributed by atoms with E-state index in [9.17, 15) is 0 Å². The van der Waals surface area contributed by atoms with Gasteiger partial charge in [-0.25, -0.2) is 0 Å². The van der Waals surface area contributed by atoms with E-state index in [1.807, 2.05) is 30.7 Å². The summed E-state index contributed by atoms with van der Waals surface area (Å²) < 4.78 is 0. The van der Waals surface area contributed by atoms with Crippen molar-refractivity contribution in [2.45, 2.75) is 0 Å². The van der Waals surface area contributed by atoms with Crippen molar-refractivity contribution in [1.82, 2.24) is 0 Å². The quantitative estimate of drug-likeness (QED) is 0.160. The molecule has 7 rings (SSSR count). The van der Waals surface area contributed by atoms with Gasteiger partial charge in [-0.1, -0.05) is 206 Å². The predicted octanol–water partition coefficient (Wildman–Crippen LogP) is 8.20. The molecule has 0 aliphatic heterocycles. The van der Waals surface area contributed by atoms with E-state index in [1.165, 1.54) is 31.8 Å². The molecule has 6 aromatic carbocycles. The fourth-order valence-electron chi connectivity index (χ4n) is 4.68. The van der Waals surface area contributed by atoms with Crippen LogP contribution in [0.2, 0.25) is 0 Å². The van der Waals surface area contributed by atoms with Crippen molar-refractivity contribution in [1.29, 1.82) is 0 Å². The fraction of sp³-hybridized carbons (Fsp3) is 0. The maximum Gasteiger partial charge on any atom is 0.00506 e. The first-order valence-corrected chi connectivity index (χ1v) is 17.2. The van der Waals surface area contributed by atoms with Crippen molar-refractivity contribution in [2.24, 2.45) is 0 Å². The van der Waals surface area contributed by atoms with Gasteiger partial charge in [0.25, 0.3) is 0 Å². The van der Waals surface area contributed by atoms with Gasteiger partial charge in [0.1, 0.15) is 0 Å². The van der Waals surface area contributed by atoms with Gasteiger partial charge in [0.05, 0.1) is 0 Å². The summed E-state index contributed by atoms with van der Waals surface area (Å²) in [6, 6.07) is 64.7. The Morgan fingerprint density at radius 1 is 0.227 bits per heavy atom. The Morgan fingerprint density at radius 2 is 0.409 bits per heavy atom. The van der Waals surface area contributed by atoms with Crippen molar-refractivity contribution >= 4 is 47.7 Å². The van der Waals surface area contributed by atoms with Crippen molar-refractivity contribution in [3.63, 3.8) is 0 Å². The minimum absolute atomic E-state index is 0. The molecule has 0 nitrogen and oxygen atoms in total. The average molecular weight is 649 g/mol. The maximum atomic E-state index is 2.23. The minimum atomic E-state index is -0.446. The van der Waals surface area contributed by atoms with E-state index in [2.05, 4.69) is 182 Å². The van der Waals surface area contributed by atoms with Crippen LogP contribution in [-0.2, 0) is 16.8 Å². The first kappa shape index (κ1) is 33.1. The molecule has 0 aromatic heterocycles. The molecule has 0 saturated heterocycles. The van der Waals surface area contributed by atoms with Crippen LogP contribution < -0.4 is 31.8 Å². The second-order valence-electron chi connectivity index (χ2n) is 9.65. The molecule has 3 heteroatoms. The molecule has 1 aliphatic carbocycles. The number of benzene rings is 6. The Kier molecular flexibility index (Phi) is 14.1. The van der Waals surface area contributed by atoms with Gasteiger partial charge in [0.2, 0.25) is 0 Å². The summed E-state index contributed by atoms with van der Waals surface area (Å²) in [6.07, 6.45) is 10.0. The first-order chi connectivity index (χ1) is 21.4. The molecule has 2 radical (unpaired) electrons. The standard InChI is InChI=1S/2C18H15P.C5H5.Co/c2*1-4-10-16(11-5-1)19(17-12-6-2-7-13-17)18-14-8-3-9-15-18;1-2-4-5-3-1;/h2*1-15H;1-5H;. The van der Waals surface area contributed by atoms with Gasteiger partial charge in [0, 0.05) is 23.2 Å². The maximum absolute atomic E-state index is 2.23. The monoisotopic (exact) mass is 648 g/mol. The minimum Gasteiger partial charge on any atom is -0.0767 e. The van der Waals surface area contributed by atoms with Crippen LogP contribution in [0, 0.1) is 6.42 Å². The number of hydrogen-bond donors (Lipinski definition) is 0. The summed E-state index contributed by atoms with van der Waals surface area (Å²) in [5, 5.41) is 8.39. The van der Waals surface area contributed by atoms with Crippen LogP contribution in [0.15, 0.2) is 206 Å². The molecule has 0 spiro atoms. The SMILES string of the molecule is [CH]1C=CC=C1.[Co].c1ccc(P(c2ccccc2)c2ccccc2)cc1.c1ccc(P(c2ccccc2)c2ccccc2)cc1. The van der Waals surface area contributed by atoms with E-state index in [0.29, 0.717) is 0 Å². The molecule has 0 fully saturated rings. The summed E-state index contributed by atoms with van der Waals surface area (Å²) in [4.78, 5) is 0. The fourth-order valence-corrected chi connectivity index (χ4v) is 9.29. The molecular formula is C41H35CoP2. The van der Waals surface area contributed by atoms with Crippen LogP contribution in [0.3, 0.4) is 0 Å². The largest absolute Gasteiger partial charge is 0.0767 e. The summed E-state index contributed by atoms with van der Waals surface area (Å²) >= 11 is 0. The van der Waals surface area contributed by atoms with E-state index < -0.39 is 15.8 Å². The first-order valence-electron chi connectivity index (χ1n) is 14.5. The molecule has 6 aromatic rings. The normalized spacial score (nSPS) is 11.1. The van der Waals surface area contributed by atoms with Crippen LogP contribution >= 0.6 is 15.8 Å². The molecule has 0 heterocycles.